The zero-order chi connectivity index (χ0) is 12.8. The lowest BCUT2D eigenvalue weighted by Gasteiger charge is -2.18. The van der Waals surface area contributed by atoms with Crippen LogP contribution in [0.1, 0.15) is 36.5 Å². The summed E-state index contributed by atoms with van der Waals surface area (Å²) in [4.78, 5) is 13.1. The van der Waals surface area contributed by atoms with Crippen molar-refractivity contribution < 1.29 is 4.79 Å². The van der Waals surface area contributed by atoms with Crippen LogP contribution in [0.15, 0.2) is 18.2 Å². The van der Waals surface area contributed by atoms with Gasteiger partial charge >= 0.3 is 0 Å². The van der Waals surface area contributed by atoms with Crippen LogP contribution >= 0.6 is 0 Å². The number of Topliss-reactive ketones (excluding diaryl/α,β-unsaturated/α-hetero) is 1. The molecule has 0 unspecified atom stereocenters. The van der Waals surface area contributed by atoms with Gasteiger partial charge in [0, 0.05) is 13.0 Å². The number of hydrogen-bond donors (Lipinski definition) is 0. The molecule has 0 heterocycles. The number of rotatable bonds is 6. The topological polar surface area (TPSA) is 20.3 Å². The molecule has 0 spiro atoms. The Hall–Kier alpha value is -1.15. The Bertz CT molecular complexity index is 385. The van der Waals surface area contributed by atoms with Gasteiger partial charge in [0.2, 0.25) is 0 Å². The van der Waals surface area contributed by atoms with Gasteiger partial charge in [-0.3, -0.25) is 0 Å². The monoisotopic (exact) mass is 233 g/mol. The fourth-order valence-electron chi connectivity index (χ4n) is 1.94. The maximum atomic E-state index is 10.9. The summed E-state index contributed by atoms with van der Waals surface area (Å²) in [5, 5.41) is 0. The van der Waals surface area contributed by atoms with Crippen LogP contribution in [0.25, 0.3) is 0 Å². The second-order valence-electron chi connectivity index (χ2n) is 4.97. The molecule has 1 aromatic carbocycles. The SMILES string of the molecule is CC(=O)CCCN(C)Cc1cc(C)ccc1C. The number of carbonyl (C=O) groups excluding carboxylic acids is 1. The van der Waals surface area contributed by atoms with Gasteiger partial charge in [-0.15, -0.1) is 0 Å². The van der Waals surface area contributed by atoms with Gasteiger partial charge < -0.3 is 9.69 Å². The van der Waals surface area contributed by atoms with E-state index in [0.29, 0.717) is 6.42 Å². The number of aryl methyl sites for hydroxylation is 2. The Morgan fingerprint density at radius 1 is 1.29 bits per heavy atom. The molecule has 0 N–H and O–H groups in total. The van der Waals surface area contributed by atoms with Crippen LogP contribution in [-0.2, 0) is 11.3 Å². The predicted molar refractivity (Wildman–Crippen MR) is 72.2 cm³/mol. The quantitative estimate of drug-likeness (QED) is 0.752. The molecule has 0 aromatic heterocycles. The molecule has 1 rings (SSSR count). The van der Waals surface area contributed by atoms with E-state index in [9.17, 15) is 4.79 Å². The van der Waals surface area contributed by atoms with Gasteiger partial charge in [-0.1, -0.05) is 23.8 Å². The summed E-state index contributed by atoms with van der Waals surface area (Å²) >= 11 is 0. The molecule has 0 aliphatic carbocycles. The molecule has 0 aliphatic rings. The first-order valence-electron chi connectivity index (χ1n) is 6.23. The Kier molecular flexibility index (Phi) is 5.36. The minimum Gasteiger partial charge on any atom is -0.302 e. The normalized spacial score (nSPS) is 10.9. The second kappa shape index (κ2) is 6.55. The number of nitrogens with zero attached hydrogens (tertiary/aromatic N) is 1. The largest absolute Gasteiger partial charge is 0.302 e. The molecule has 0 bridgehead atoms. The van der Waals surface area contributed by atoms with E-state index in [1.54, 1.807) is 6.92 Å². The summed E-state index contributed by atoms with van der Waals surface area (Å²) in [6.45, 7) is 7.87. The molecular weight excluding hydrogens is 210 g/mol. The molecule has 0 fully saturated rings. The molecule has 0 amide bonds. The lowest BCUT2D eigenvalue weighted by molar-refractivity contribution is -0.117. The average molecular weight is 233 g/mol. The first-order valence-corrected chi connectivity index (χ1v) is 6.23. The molecule has 0 radical (unpaired) electrons. The third-order valence-corrected chi connectivity index (χ3v) is 3.01. The zero-order valence-electron chi connectivity index (χ0n) is 11.4. The second-order valence-corrected chi connectivity index (χ2v) is 4.97. The van der Waals surface area contributed by atoms with Crippen molar-refractivity contribution in [2.75, 3.05) is 13.6 Å². The summed E-state index contributed by atoms with van der Waals surface area (Å²) in [5.74, 6) is 0.283. The van der Waals surface area contributed by atoms with Crippen molar-refractivity contribution in [1.29, 1.82) is 0 Å². The average Bonchev–Trinajstić information content (AvgIpc) is 2.23. The van der Waals surface area contributed by atoms with Crippen molar-refractivity contribution in [3.05, 3.63) is 34.9 Å². The first kappa shape index (κ1) is 13.9. The highest BCUT2D eigenvalue weighted by Gasteiger charge is 2.04. The Labute approximate surface area is 105 Å². The minimum absolute atomic E-state index is 0.283. The predicted octanol–water partition coefficient (Wildman–Crippen LogP) is 3.10. The van der Waals surface area contributed by atoms with E-state index in [4.69, 9.17) is 0 Å². The molecule has 0 atom stereocenters. The van der Waals surface area contributed by atoms with E-state index >= 15 is 0 Å². The smallest absolute Gasteiger partial charge is 0.129 e. The van der Waals surface area contributed by atoms with Crippen LogP contribution in [0.2, 0.25) is 0 Å². The molecular formula is C15H23NO. The maximum absolute atomic E-state index is 10.9. The standard InChI is InChI=1S/C15H23NO/c1-12-7-8-13(2)15(10-12)11-16(4)9-5-6-14(3)17/h7-8,10H,5-6,9,11H2,1-4H3. The highest BCUT2D eigenvalue weighted by Crippen LogP contribution is 2.12. The van der Waals surface area contributed by atoms with Crippen molar-refractivity contribution in [3.8, 4) is 0 Å². The lowest BCUT2D eigenvalue weighted by Crippen LogP contribution is -2.20. The molecule has 2 nitrogen and oxygen atoms in total. The Balaban J connectivity index is 2.47. The van der Waals surface area contributed by atoms with Crippen molar-refractivity contribution in [1.82, 2.24) is 4.90 Å². The number of ketones is 1. The lowest BCUT2D eigenvalue weighted by atomic mass is 10.1. The van der Waals surface area contributed by atoms with Crippen molar-refractivity contribution in [3.63, 3.8) is 0 Å². The van der Waals surface area contributed by atoms with E-state index in [2.05, 4.69) is 44.0 Å². The molecule has 94 valence electrons. The zero-order valence-corrected chi connectivity index (χ0v) is 11.4. The summed E-state index contributed by atoms with van der Waals surface area (Å²) in [5.41, 5.74) is 4.03. The van der Waals surface area contributed by atoms with Crippen LogP contribution in [-0.4, -0.2) is 24.3 Å². The van der Waals surface area contributed by atoms with E-state index in [1.807, 2.05) is 0 Å². The Morgan fingerprint density at radius 3 is 2.65 bits per heavy atom. The molecule has 0 saturated carbocycles. The summed E-state index contributed by atoms with van der Waals surface area (Å²) < 4.78 is 0. The van der Waals surface area contributed by atoms with Gasteiger partial charge in [-0.2, -0.15) is 0 Å². The van der Waals surface area contributed by atoms with Crippen LogP contribution < -0.4 is 0 Å². The van der Waals surface area contributed by atoms with Crippen molar-refractivity contribution in [2.24, 2.45) is 0 Å². The fourth-order valence-corrected chi connectivity index (χ4v) is 1.94. The summed E-state index contributed by atoms with van der Waals surface area (Å²) in [7, 11) is 2.11. The maximum Gasteiger partial charge on any atom is 0.129 e. The molecule has 17 heavy (non-hydrogen) atoms. The van der Waals surface area contributed by atoms with Gasteiger partial charge in [0.05, 0.1) is 0 Å². The number of benzene rings is 1. The van der Waals surface area contributed by atoms with Crippen LogP contribution in [0.5, 0.6) is 0 Å². The fraction of sp³-hybridized carbons (Fsp3) is 0.533. The van der Waals surface area contributed by atoms with E-state index in [0.717, 1.165) is 19.5 Å². The molecule has 1 aromatic rings. The highest BCUT2D eigenvalue weighted by molar-refractivity contribution is 5.75. The number of carbonyl (C=O) groups is 1. The van der Waals surface area contributed by atoms with Gasteiger partial charge in [-0.05, 0) is 51.9 Å². The molecule has 2 heteroatoms. The van der Waals surface area contributed by atoms with Gasteiger partial charge in [-0.25, -0.2) is 0 Å². The summed E-state index contributed by atoms with van der Waals surface area (Å²) in [6, 6.07) is 6.57. The van der Waals surface area contributed by atoms with Gasteiger partial charge in [0.1, 0.15) is 5.78 Å². The van der Waals surface area contributed by atoms with E-state index < -0.39 is 0 Å². The van der Waals surface area contributed by atoms with Crippen LogP contribution in [0.3, 0.4) is 0 Å². The van der Waals surface area contributed by atoms with Crippen LogP contribution in [0.4, 0.5) is 0 Å². The van der Waals surface area contributed by atoms with Gasteiger partial charge in [0.25, 0.3) is 0 Å². The summed E-state index contributed by atoms with van der Waals surface area (Å²) in [6.07, 6.45) is 1.65. The van der Waals surface area contributed by atoms with Crippen molar-refractivity contribution in [2.45, 2.75) is 40.2 Å². The van der Waals surface area contributed by atoms with E-state index in [-0.39, 0.29) is 5.78 Å². The molecule has 0 aliphatic heterocycles. The van der Waals surface area contributed by atoms with E-state index in [1.165, 1.54) is 16.7 Å². The van der Waals surface area contributed by atoms with Crippen LogP contribution in [0, 0.1) is 13.8 Å². The third-order valence-electron chi connectivity index (χ3n) is 3.01. The van der Waals surface area contributed by atoms with Gasteiger partial charge in [0.15, 0.2) is 0 Å². The molecule has 0 saturated heterocycles. The minimum atomic E-state index is 0.283. The number of hydrogen-bond acceptors (Lipinski definition) is 2. The van der Waals surface area contributed by atoms with Crippen molar-refractivity contribution >= 4 is 5.78 Å². The third kappa shape index (κ3) is 5.14. The highest BCUT2D eigenvalue weighted by atomic mass is 16.1. The Morgan fingerprint density at radius 2 is 2.00 bits per heavy atom. The first-order chi connectivity index (χ1) is 7.99.